The molecule has 0 radical (unpaired) electrons. The molecule has 1 fully saturated rings. The van der Waals surface area contributed by atoms with Crippen molar-refractivity contribution >= 4 is 62.8 Å². The van der Waals surface area contributed by atoms with E-state index in [4.69, 9.17) is 21.1 Å². The Morgan fingerprint density at radius 2 is 1.82 bits per heavy atom. The average molecular weight is 601 g/mol. The molecule has 0 saturated carbocycles. The fraction of sp³-hybridized carbons (Fsp3) is 0.115. The molecule has 0 spiro atoms. The topological polar surface area (TPSA) is 128 Å². The standard InChI is InChI=1S/C26H19BrClN3O7/c1-14-3-6-18(12-21(14)28)30-25(33)19(24(32)29-26(30)34)9-16-10-20(27)23(22(11-16)37-2)38-13-15-4-7-17(8-5-15)31(35)36/h3-12H,13H2,1-2H3,(H,29,32,34)/b19-9-. The van der Waals surface area contributed by atoms with Gasteiger partial charge in [0.05, 0.1) is 22.2 Å². The molecule has 1 aliphatic heterocycles. The number of ether oxygens (including phenoxy) is 2. The molecule has 0 unspecified atom stereocenters. The molecule has 1 aliphatic rings. The van der Waals surface area contributed by atoms with Crippen LogP contribution in [-0.2, 0) is 16.2 Å². The Bertz CT molecular complexity index is 1510. The first-order valence-corrected chi connectivity index (χ1v) is 12.2. The number of benzene rings is 3. The first-order chi connectivity index (χ1) is 18.1. The van der Waals surface area contributed by atoms with Crippen molar-refractivity contribution in [2.45, 2.75) is 13.5 Å². The molecule has 4 amide bonds. The number of carbonyl (C=O) groups excluding carboxylic acids is 3. The molecule has 38 heavy (non-hydrogen) atoms. The Morgan fingerprint density at radius 1 is 1.11 bits per heavy atom. The zero-order chi connectivity index (χ0) is 27.6. The van der Waals surface area contributed by atoms with E-state index < -0.39 is 22.8 Å². The van der Waals surface area contributed by atoms with Crippen molar-refractivity contribution in [2.24, 2.45) is 0 Å². The van der Waals surface area contributed by atoms with Crippen LogP contribution in [0.1, 0.15) is 16.7 Å². The predicted molar refractivity (Wildman–Crippen MR) is 143 cm³/mol. The molecule has 0 aliphatic carbocycles. The highest BCUT2D eigenvalue weighted by Crippen LogP contribution is 2.38. The first-order valence-electron chi connectivity index (χ1n) is 11.0. The number of nitrogens with one attached hydrogen (secondary N) is 1. The lowest BCUT2D eigenvalue weighted by molar-refractivity contribution is -0.384. The van der Waals surface area contributed by atoms with Crippen LogP contribution in [0.25, 0.3) is 6.08 Å². The average Bonchev–Trinajstić information content (AvgIpc) is 2.87. The van der Waals surface area contributed by atoms with Crippen LogP contribution in [0.3, 0.4) is 0 Å². The lowest BCUT2D eigenvalue weighted by Gasteiger charge is -2.26. The molecule has 0 bridgehead atoms. The summed E-state index contributed by atoms with van der Waals surface area (Å²) in [4.78, 5) is 49.4. The number of nitro benzene ring substituents is 1. The number of rotatable bonds is 7. The highest BCUT2D eigenvalue weighted by Gasteiger charge is 2.37. The number of nitrogens with zero attached hydrogens (tertiary/aromatic N) is 2. The van der Waals surface area contributed by atoms with E-state index in [-0.39, 0.29) is 23.6 Å². The summed E-state index contributed by atoms with van der Waals surface area (Å²) >= 11 is 9.59. The smallest absolute Gasteiger partial charge is 0.335 e. The van der Waals surface area contributed by atoms with Crippen LogP contribution >= 0.6 is 27.5 Å². The van der Waals surface area contributed by atoms with Crippen LogP contribution in [0.4, 0.5) is 16.2 Å². The molecule has 10 nitrogen and oxygen atoms in total. The van der Waals surface area contributed by atoms with Gasteiger partial charge < -0.3 is 9.47 Å². The fourth-order valence-corrected chi connectivity index (χ4v) is 4.36. The van der Waals surface area contributed by atoms with Gasteiger partial charge in [-0.1, -0.05) is 17.7 Å². The van der Waals surface area contributed by atoms with Gasteiger partial charge in [0.2, 0.25) is 0 Å². The summed E-state index contributed by atoms with van der Waals surface area (Å²) in [5.74, 6) is -1.01. The second kappa shape index (κ2) is 11.0. The van der Waals surface area contributed by atoms with Gasteiger partial charge in [-0.3, -0.25) is 25.0 Å². The Morgan fingerprint density at radius 3 is 2.45 bits per heavy atom. The Balaban J connectivity index is 1.61. The van der Waals surface area contributed by atoms with E-state index in [0.717, 1.165) is 10.5 Å². The van der Waals surface area contributed by atoms with Gasteiger partial charge in [0.1, 0.15) is 12.2 Å². The number of anilines is 1. The number of nitro groups is 1. The van der Waals surface area contributed by atoms with Gasteiger partial charge in [-0.2, -0.15) is 0 Å². The van der Waals surface area contributed by atoms with Crippen molar-refractivity contribution in [3.05, 3.63) is 96.5 Å². The number of hydrogen-bond donors (Lipinski definition) is 1. The lowest BCUT2D eigenvalue weighted by Crippen LogP contribution is -2.54. The molecule has 3 aromatic carbocycles. The number of barbiturate groups is 1. The maximum absolute atomic E-state index is 13.2. The second-order valence-corrected chi connectivity index (χ2v) is 9.40. The molecule has 0 atom stereocenters. The van der Waals surface area contributed by atoms with Crippen LogP contribution in [0.15, 0.2) is 64.6 Å². The summed E-state index contributed by atoms with van der Waals surface area (Å²) in [6.45, 7) is 1.88. The number of urea groups is 1. The first kappa shape index (κ1) is 26.8. The van der Waals surface area contributed by atoms with Gasteiger partial charge in [-0.05, 0) is 82.0 Å². The highest BCUT2D eigenvalue weighted by molar-refractivity contribution is 9.10. The van der Waals surface area contributed by atoms with Crippen LogP contribution in [0, 0.1) is 17.0 Å². The molecule has 1 heterocycles. The minimum atomic E-state index is -0.883. The van der Waals surface area contributed by atoms with Crippen molar-refractivity contribution in [3.8, 4) is 11.5 Å². The van der Waals surface area contributed by atoms with Gasteiger partial charge in [0.25, 0.3) is 17.5 Å². The number of hydrogen-bond acceptors (Lipinski definition) is 7. The molecular weight excluding hydrogens is 582 g/mol. The Kier molecular flexibility index (Phi) is 7.79. The van der Waals surface area contributed by atoms with Crippen molar-refractivity contribution in [1.82, 2.24) is 5.32 Å². The zero-order valence-electron chi connectivity index (χ0n) is 20.0. The molecule has 1 N–H and O–H groups in total. The summed E-state index contributed by atoms with van der Waals surface area (Å²) in [6, 6.07) is 12.9. The summed E-state index contributed by atoms with van der Waals surface area (Å²) in [6.07, 6.45) is 1.33. The number of aryl methyl sites for hydroxylation is 1. The van der Waals surface area contributed by atoms with Gasteiger partial charge in [-0.25, -0.2) is 9.69 Å². The fourth-order valence-electron chi connectivity index (χ4n) is 3.61. The highest BCUT2D eigenvalue weighted by atomic mass is 79.9. The van der Waals surface area contributed by atoms with Crippen molar-refractivity contribution in [2.75, 3.05) is 12.0 Å². The SMILES string of the molecule is COc1cc(/C=C2/C(=O)NC(=O)N(c3ccc(C)c(Cl)c3)C2=O)cc(Br)c1OCc1ccc([N+](=O)[O-])cc1. The normalized spacial score (nSPS) is 14.5. The number of amides is 4. The van der Waals surface area contributed by atoms with Gasteiger partial charge in [-0.15, -0.1) is 0 Å². The predicted octanol–water partition coefficient (Wildman–Crippen LogP) is 5.57. The minimum absolute atomic E-state index is 0.0306. The molecule has 0 aromatic heterocycles. The maximum atomic E-state index is 13.2. The number of carbonyl (C=O) groups is 3. The quantitative estimate of drug-likeness (QED) is 0.162. The van der Waals surface area contributed by atoms with E-state index in [9.17, 15) is 24.5 Å². The van der Waals surface area contributed by atoms with E-state index in [1.54, 1.807) is 43.3 Å². The molecular formula is C26H19BrClN3O7. The van der Waals surface area contributed by atoms with Crippen LogP contribution in [0.2, 0.25) is 5.02 Å². The lowest BCUT2D eigenvalue weighted by atomic mass is 10.1. The van der Waals surface area contributed by atoms with Crippen molar-refractivity contribution in [3.63, 3.8) is 0 Å². The van der Waals surface area contributed by atoms with Gasteiger partial charge in [0.15, 0.2) is 11.5 Å². The van der Waals surface area contributed by atoms with Crippen molar-refractivity contribution < 1.29 is 28.8 Å². The summed E-state index contributed by atoms with van der Waals surface area (Å²) < 4.78 is 11.8. The minimum Gasteiger partial charge on any atom is -0.493 e. The van der Waals surface area contributed by atoms with Crippen LogP contribution in [0.5, 0.6) is 11.5 Å². The summed E-state index contributed by atoms with van der Waals surface area (Å²) in [5.41, 5.74) is 1.80. The molecule has 4 rings (SSSR count). The number of halogens is 2. The van der Waals surface area contributed by atoms with E-state index in [1.807, 2.05) is 0 Å². The Labute approximate surface area is 230 Å². The molecule has 194 valence electrons. The maximum Gasteiger partial charge on any atom is 0.335 e. The molecule has 12 heteroatoms. The third-order valence-corrected chi connectivity index (χ3v) is 6.60. The van der Waals surface area contributed by atoms with E-state index in [2.05, 4.69) is 21.2 Å². The summed E-state index contributed by atoms with van der Waals surface area (Å²) in [5, 5.41) is 13.4. The number of non-ortho nitro benzene ring substituents is 1. The number of imide groups is 2. The van der Waals surface area contributed by atoms with E-state index >= 15 is 0 Å². The van der Waals surface area contributed by atoms with Gasteiger partial charge >= 0.3 is 6.03 Å². The monoisotopic (exact) mass is 599 g/mol. The summed E-state index contributed by atoms with van der Waals surface area (Å²) in [7, 11) is 1.43. The largest absolute Gasteiger partial charge is 0.493 e. The van der Waals surface area contributed by atoms with Crippen LogP contribution in [-0.4, -0.2) is 29.9 Å². The van der Waals surface area contributed by atoms with Crippen molar-refractivity contribution in [1.29, 1.82) is 0 Å². The zero-order valence-corrected chi connectivity index (χ0v) is 22.3. The molecule has 3 aromatic rings. The Hall–Kier alpha value is -4.22. The van der Waals surface area contributed by atoms with E-state index in [0.29, 0.717) is 32.1 Å². The number of methoxy groups -OCH3 is 1. The third-order valence-electron chi connectivity index (χ3n) is 5.61. The molecule has 1 saturated heterocycles. The van der Waals surface area contributed by atoms with Gasteiger partial charge in [0, 0.05) is 17.2 Å². The second-order valence-electron chi connectivity index (χ2n) is 8.14. The third kappa shape index (κ3) is 5.53. The van der Waals surface area contributed by atoms with Crippen LogP contribution < -0.4 is 19.7 Å². The van der Waals surface area contributed by atoms with E-state index in [1.165, 1.54) is 31.4 Å².